The van der Waals surface area contributed by atoms with Crippen molar-refractivity contribution < 1.29 is 49.5 Å². The van der Waals surface area contributed by atoms with E-state index in [0.717, 1.165) is 5.54 Å². The van der Waals surface area contributed by atoms with Crippen molar-refractivity contribution in [2.45, 2.75) is 43.0 Å². The van der Waals surface area contributed by atoms with Crippen LogP contribution in [0.15, 0.2) is 96.2 Å². The Kier molecular flexibility index (Phi) is 8.37. The second-order valence-electron chi connectivity index (χ2n) is 11.0. The van der Waals surface area contributed by atoms with Gasteiger partial charge in [-0.2, -0.15) is 0 Å². The van der Waals surface area contributed by atoms with Gasteiger partial charge in [-0.3, -0.25) is 0 Å². The average Bonchev–Trinajstić information content (AvgIpc) is 3.56. The molecule has 1 nitrogen and oxygen atoms in total. The molecule has 2 aliphatic heterocycles. The molecule has 0 saturated carbocycles. The molecule has 191 valence electrons. The Morgan fingerprint density at radius 2 is 1.45 bits per heavy atom. The number of halogens is 2. The second-order valence-corrected chi connectivity index (χ2v) is 17.0. The fraction of sp³-hybridized carbons (Fsp3) is 0.212. The predicted octanol–water partition coefficient (Wildman–Crippen LogP) is 2.82. The Morgan fingerprint density at radius 3 is 2.11 bits per heavy atom. The number of hydrogen-bond donors (Lipinski definition) is 0. The molecule has 4 aliphatic rings. The number of fused-ring (bicyclic) bond motifs is 1. The SMILES string of the molecule is CC1=C2c3c(ccn3-c3ccccc3)C1[Si]2(C)C.CC1=Cc2c(-c3ccc(C)cc3)cccc2[CH]1[Zr+2].[Cl-].[Cl-]. The van der Waals surface area contributed by atoms with Crippen molar-refractivity contribution in [3.05, 3.63) is 124 Å². The minimum atomic E-state index is -1.17. The van der Waals surface area contributed by atoms with Gasteiger partial charge >= 0.3 is 124 Å². The molecule has 0 radical (unpaired) electrons. The van der Waals surface area contributed by atoms with Gasteiger partial charge in [-0.15, -0.1) is 0 Å². The van der Waals surface area contributed by atoms with Gasteiger partial charge in [-0.05, 0) is 35.9 Å². The van der Waals surface area contributed by atoms with Crippen molar-refractivity contribution >= 4 is 19.3 Å². The van der Waals surface area contributed by atoms with Crippen LogP contribution in [0.2, 0.25) is 13.1 Å². The Morgan fingerprint density at radius 1 is 0.763 bits per heavy atom. The first-order chi connectivity index (χ1) is 17.3. The summed E-state index contributed by atoms with van der Waals surface area (Å²) in [4.78, 5) is 0. The number of aryl methyl sites for hydroxylation is 1. The number of rotatable bonds is 2. The topological polar surface area (TPSA) is 4.93 Å². The zero-order valence-electron chi connectivity index (χ0n) is 22.5. The molecule has 2 aliphatic carbocycles. The average molecular weight is 633 g/mol. The molecular weight excluding hydrogens is 601 g/mol. The quantitative estimate of drug-likeness (QED) is 0.300. The predicted molar refractivity (Wildman–Crippen MR) is 152 cm³/mol. The van der Waals surface area contributed by atoms with Crippen molar-refractivity contribution in [3.63, 3.8) is 0 Å². The molecular formula is C33H32Cl2NSiZr. The van der Waals surface area contributed by atoms with Crippen LogP contribution < -0.4 is 24.8 Å². The molecule has 3 aromatic carbocycles. The maximum Gasteiger partial charge on any atom is -1.00 e. The van der Waals surface area contributed by atoms with Crippen LogP contribution in [0, 0.1) is 6.92 Å². The first-order valence-electron chi connectivity index (χ1n) is 12.9. The van der Waals surface area contributed by atoms with Crippen molar-refractivity contribution in [1.82, 2.24) is 4.57 Å². The molecule has 8 rings (SSSR count). The summed E-state index contributed by atoms with van der Waals surface area (Å²) in [5.74, 6) is 0. The Bertz CT molecular complexity index is 1550. The van der Waals surface area contributed by atoms with Crippen LogP contribution in [0.5, 0.6) is 0 Å². The van der Waals surface area contributed by atoms with Crippen LogP contribution >= 0.6 is 0 Å². The first kappa shape index (κ1) is 29.1. The molecule has 5 heteroatoms. The van der Waals surface area contributed by atoms with Crippen molar-refractivity contribution in [2.75, 3.05) is 0 Å². The summed E-state index contributed by atoms with van der Waals surface area (Å²) in [5, 5.41) is 1.70. The molecule has 1 aromatic heterocycles. The maximum absolute atomic E-state index is 2.51. The fourth-order valence-corrected chi connectivity index (χ4v) is 11.8. The number of aromatic nitrogens is 1. The Labute approximate surface area is 255 Å². The zero-order chi connectivity index (χ0) is 25.2. The molecule has 0 saturated heterocycles. The largest absolute Gasteiger partial charge is 1.00 e. The molecule has 0 amide bonds. The third-order valence-corrected chi connectivity index (χ3v) is 14.3. The van der Waals surface area contributed by atoms with Gasteiger partial charge in [0.05, 0.1) is 8.07 Å². The minimum Gasteiger partial charge on any atom is -1.00 e. The van der Waals surface area contributed by atoms with E-state index in [1.807, 2.05) is 0 Å². The normalized spacial score (nSPS) is 19.2. The molecule has 2 bridgehead atoms. The molecule has 0 fully saturated rings. The van der Waals surface area contributed by atoms with Crippen LogP contribution in [0.3, 0.4) is 0 Å². The summed E-state index contributed by atoms with van der Waals surface area (Å²) in [6.07, 6.45) is 4.60. The van der Waals surface area contributed by atoms with E-state index in [9.17, 15) is 0 Å². The number of hydrogen-bond acceptors (Lipinski definition) is 0. The van der Waals surface area contributed by atoms with Gasteiger partial charge in [0, 0.05) is 23.1 Å². The van der Waals surface area contributed by atoms with E-state index in [4.69, 9.17) is 0 Å². The summed E-state index contributed by atoms with van der Waals surface area (Å²) in [5.41, 5.74) is 15.3. The second kappa shape index (κ2) is 10.9. The van der Waals surface area contributed by atoms with Gasteiger partial charge < -0.3 is 29.4 Å². The van der Waals surface area contributed by atoms with E-state index in [1.54, 1.807) is 41.1 Å². The van der Waals surface area contributed by atoms with E-state index in [-0.39, 0.29) is 24.8 Å². The summed E-state index contributed by atoms with van der Waals surface area (Å²) < 4.78 is 3.04. The smallest absolute Gasteiger partial charge is 1.00 e. The molecule has 2 unspecified atom stereocenters. The third kappa shape index (κ3) is 4.50. The van der Waals surface area contributed by atoms with Gasteiger partial charge in [-0.1, -0.05) is 36.9 Å². The van der Waals surface area contributed by atoms with Crippen molar-refractivity contribution in [2.24, 2.45) is 0 Å². The summed E-state index contributed by atoms with van der Waals surface area (Å²) in [6, 6.07) is 28.6. The molecule has 38 heavy (non-hydrogen) atoms. The number of para-hydroxylation sites is 1. The summed E-state index contributed by atoms with van der Waals surface area (Å²) in [6.45, 7) is 11.7. The van der Waals surface area contributed by atoms with Gasteiger partial charge in [0.1, 0.15) is 0 Å². The Balaban J connectivity index is 0.000000168. The molecule has 4 aromatic rings. The summed E-state index contributed by atoms with van der Waals surface area (Å²) >= 11 is 1.59. The van der Waals surface area contributed by atoms with Crippen molar-refractivity contribution in [1.29, 1.82) is 0 Å². The van der Waals surface area contributed by atoms with Crippen LogP contribution in [0.4, 0.5) is 0 Å². The molecule has 0 spiro atoms. The zero-order valence-corrected chi connectivity index (χ0v) is 27.5. The number of benzene rings is 3. The Hall–Kier alpha value is -1.90. The van der Waals surface area contributed by atoms with E-state index in [0.29, 0.717) is 3.63 Å². The maximum atomic E-state index is 2.51. The molecule has 3 heterocycles. The molecule has 0 N–H and O–H groups in total. The van der Waals surface area contributed by atoms with Gasteiger partial charge in [-0.25, -0.2) is 0 Å². The van der Waals surface area contributed by atoms with Crippen LogP contribution in [0.25, 0.3) is 28.1 Å². The third-order valence-electron chi connectivity index (χ3n) is 8.33. The molecule has 2 atom stereocenters. The van der Waals surface area contributed by atoms with Gasteiger partial charge in [0.2, 0.25) is 0 Å². The van der Waals surface area contributed by atoms with Gasteiger partial charge in [0.25, 0.3) is 0 Å². The van der Waals surface area contributed by atoms with E-state index in [1.165, 1.54) is 44.8 Å². The van der Waals surface area contributed by atoms with Gasteiger partial charge in [0.15, 0.2) is 0 Å². The first-order valence-corrected chi connectivity index (χ1v) is 17.4. The number of allylic oxidation sites excluding steroid dienone is 2. The minimum absolute atomic E-state index is 0. The number of nitrogens with zero attached hydrogens (tertiary/aromatic N) is 1. The van der Waals surface area contributed by atoms with E-state index < -0.39 is 8.07 Å². The van der Waals surface area contributed by atoms with Crippen molar-refractivity contribution in [3.8, 4) is 16.8 Å². The monoisotopic (exact) mass is 630 g/mol. The van der Waals surface area contributed by atoms with Crippen LogP contribution in [0.1, 0.15) is 51.0 Å². The van der Waals surface area contributed by atoms with E-state index >= 15 is 0 Å². The summed E-state index contributed by atoms with van der Waals surface area (Å²) in [7, 11) is -1.17. The van der Waals surface area contributed by atoms with E-state index in [2.05, 4.69) is 130 Å². The van der Waals surface area contributed by atoms with Crippen LogP contribution in [-0.4, -0.2) is 12.6 Å². The standard InChI is InChI=1S/C17H15.C16H17NSi.2ClH.Zr/c1-12-6-8-14(9-7-12)16-5-3-4-15-10-13(2)11-17(15)16;1-11-15-13-9-10-17(12-7-5-4-6-8-12)14(13)16(11)18(15,2)3;;;/h3-11H,1-2H3;4-10,15H,1-3H3;2*1H;/q;;;;+2/p-2. The fourth-order valence-electron chi connectivity index (χ4n) is 6.66. The van der Waals surface area contributed by atoms with Crippen LogP contribution in [-0.2, 0) is 24.7 Å².